The highest BCUT2D eigenvalue weighted by Gasteiger charge is 2.15. The lowest BCUT2D eigenvalue weighted by Crippen LogP contribution is -2.19. The summed E-state index contributed by atoms with van der Waals surface area (Å²) in [6.07, 6.45) is 1.04. The molecule has 2 N–H and O–H groups in total. The van der Waals surface area contributed by atoms with Gasteiger partial charge >= 0.3 is 0 Å². The SMILES string of the molecule is CC(C)Cc1ccc(C(C)C(=O)Nc2ccc(NC(=O)C(C)C)cc2)cc1. The molecule has 144 valence electrons. The predicted octanol–water partition coefficient (Wildman–Crippen LogP) is 5.22. The van der Waals surface area contributed by atoms with Crippen molar-refractivity contribution >= 4 is 23.2 Å². The second-order valence-corrected chi connectivity index (χ2v) is 7.77. The van der Waals surface area contributed by atoms with Crippen LogP contribution < -0.4 is 10.6 Å². The van der Waals surface area contributed by atoms with Gasteiger partial charge < -0.3 is 10.6 Å². The minimum atomic E-state index is -0.238. The maximum Gasteiger partial charge on any atom is 0.231 e. The van der Waals surface area contributed by atoms with Crippen LogP contribution in [-0.4, -0.2) is 11.8 Å². The van der Waals surface area contributed by atoms with E-state index in [9.17, 15) is 9.59 Å². The molecule has 0 fully saturated rings. The fourth-order valence-corrected chi connectivity index (χ4v) is 2.74. The second kappa shape index (κ2) is 9.36. The number of nitrogens with one attached hydrogen (secondary N) is 2. The van der Waals surface area contributed by atoms with Crippen molar-refractivity contribution in [2.75, 3.05) is 10.6 Å². The van der Waals surface area contributed by atoms with E-state index in [1.807, 2.05) is 32.9 Å². The monoisotopic (exact) mass is 366 g/mol. The Morgan fingerprint density at radius 1 is 0.741 bits per heavy atom. The van der Waals surface area contributed by atoms with Crippen molar-refractivity contribution in [3.8, 4) is 0 Å². The molecule has 4 heteroatoms. The van der Waals surface area contributed by atoms with Crippen LogP contribution in [0.25, 0.3) is 0 Å². The predicted molar refractivity (Wildman–Crippen MR) is 112 cm³/mol. The number of rotatable bonds is 7. The lowest BCUT2D eigenvalue weighted by molar-refractivity contribution is -0.119. The van der Waals surface area contributed by atoms with Crippen LogP contribution in [-0.2, 0) is 16.0 Å². The summed E-state index contributed by atoms with van der Waals surface area (Å²) in [6.45, 7) is 10.00. The van der Waals surface area contributed by atoms with E-state index in [0.717, 1.165) is 17.7 Å². The molecule has 4 nitrogen and oxygen atoms in total. The molecular formula is C23H30N2O2. The van der Waals surface area contributed by atoms with E-state index in [4.69, 9.17) is 0 Å². The molecule has 2 aromatic rings. The second-order valence-electron chi connectivity index (χ2n) is 7.77. The fraction of sp³-hybridized carbons (Fsp3) is 0.391. The number of amides is 2. The summed E-state index contributed by atoms with van der Waals surface area (Å²) in [5, 5.41) is 5.78. The van der Waals surface area contributed by atoms with Gasteiger partial charge in [-0.15, -0.1) is 0 Å². The van der Waals surface area contributed by atoms with Gasteiger partial charge in [0, 0.05) is 17.3 Å². The molecule has 2 aromatic carbocycles. The summed E-state index contributed by atoms with van der Waals surface area (Å²) in [4.78, 5) is 24.3. The van der Waals surface area contributed by atoms with Crippen LogP contribution in [0.4, 0.5) is 11.4 Å². The topological polar surface area (TPSA) is 58.2 Å². The summed E-state index contributed by atoms with van der Waals surface area (Å²) < 4.78 is 0. The molecule has 0 heterocycles. The Balaban J connectivity index is 1.96. The Labute approximate surface area is 162 Å². The molecule has 0 aliphatic rings. The molecule has 0 spiro atoms. The van der Waals surface area contributed by atoms with Crippen LogP contribution in [0.2, 0.25) is 0 Å². The Bertz CT molecular complexity index is 762. The Hall–Kier alpha value is -2.62. The molecule has 1 unspecified atom stereocenters. The highest BCUT2D eigenvalue weighted by molar-refractivity contribution is 5.96. The Morgan fingerprint density at radius 2 is 1.22 bits per heavy atom. The molecule has 2 rings (SSSR count). The normalized spacial score (nSPS) is 12.1. The first kappa shape index (κ1) is 20.7. The Morgan fingerprint density at radius 3 is 1.67 bits per heavy atom. The fourth-order valence-electron chi connectivity index (χ4n) is 2.74. The van der Waals surface area contributed by atoms with Crippen LogP contribution >= 0.6 is 0 Å². The van der Waals surface area contributed by atoms with Crippen molar-refractivity contribution in [1.29, 1.82) is 0 Å². The van der Waals surface area contributed by atoms with Crippen LogP contribution in [0.1, 0.15) is 51.7 Å². The third-order valence-electron chi connectivity index (χ3n) is 4.46. The van der Waals surface area contributed by atoms with Crippen molar-refractivity contribution in [3.63, 3.8) is 0 Å². The van der Waals surface area contributed by atoms with E-state index in [-0.39, 0.29) is 23.7 Å². The van der Waals surface area contributed by atoms with Gasteiger partial charge in [-0.25, -0.2) is 0 Å². The van der Waals surface area contributed by atoms with Crippen LogP contribution in [0.15, 0.2) is 48.5 Å². The molecule has 0 bridgehead atoms. The largest absolute Gasteiger partial charge is 0.326 e. The molecule has 1 atom stereocenters. The van der Waals surface area contributed by atoms with Crippen molar-refractivity contribution in [2.24, 2.45) is 11.8 Å². The summed E-state index contributed by atoms with van der Waals surface area (Å²) in [5.41, 5.74) is 3.73. The van der Waals surface area contributed by atoms with Gasteiger partial charge in [-0.1, -0.05) is 52.0 Å². The lowest BCUT2D eigenvalue weighted by Gasteiger charge is -2.14. The number of hydrogen-bond donors (Lipinski definition) is 2. The average molecular weight is 367 g/mol. The Kier molecular flexibility index (Phi) is 7.17. The molecule has 0 radical (unpaired) electrons. The molecule has 0 aliphatic heterocycles. The van der Waals surface area contributed by atoms with E-state index >= 15 is 0 Å². The van der Waals surface area contributed by atoms with Gasteiger partial charge in [-0.05, 0) is 54.7 Å². The summed E-state index contributed by atoms with van der Waals surface area (Å²) >= 11 is 0. The lowest BCUT2D eigenvalue weighted by atomic mass is 9.96. The molecular weight excluding hydrogens is 336 g/mol. The summed E-state index contributed by atoms with van der Waals surface area (Å²) in [7, 11) is 0. The van der Waals surface area contributed by atoms with Crippen LogP contribution in [0.3, 0.4) is 0 Å². The van der Waals surface area contributed by atoms with Crippen molar-refractivity contribution in [2.45, 2.75) is 47.0 Å². The quantitative estimate of drug-likeness (QED) is 0.705. The number of carbonyl (C=O) groups is 2. The molecule has 2 amide bonds. The van der Waals surface area contributed by atoms with Crippen molar-refractivity contribution in [1.82, 2.24) is 0 Å². The van der Waals surface area contributed by atoms with Gasteiger partial charge in [0.05, 0.1) is 5.92 Å². The summed E-state index contributed by atoms with van der Waals surface area (Å²) in [5.74, 6) is 0.229. The standard InChI is InChI=1S/C23H30N2O2/c1-15(2)14-18-6-8-19(9-7-18)17(5)23(27)25-21-12-10-20(11-13-21)24-22(26)16(3)4/h6-13,15-17H,14H2,1-5H3,(H,24,26)(H,25,27). The van der Waals surface area contributed by atoms with Crippen molar-refractivity contribution in [3.05, 3.63) is 59.7 Å². The third kappa shape index (κ3) is 6.24. The number of carbonyl (C=O) groups excluding carboxylic acids is 2. The highest BCUT2D eigenvalue weighted by Crippen LogP contribution is 2.21. The maximum absolute atomic E-state index is 12.5. The van der Waals surface area contributed by atoms with Gasteiger partial charge in [0.15, 0.2) is 0 Å². The van der Waals surface area contributed by atoms with E-state index in [2.05, 4.69) is 36.6 Å². The number of hydrogen-bond acceptors (Lipinski definition) is 2. The van der Waals surface area contributed by atoms with Crippen molar-refractivity contribution < 1.29 is 9.59 Å². The minimum Gasteiger partial charge on any atom is -0.326 e. The zero-order valence-electron chi connectivity index (χ0n) is 16.9. The van der Waals surface area contributed by atoms with Crippen LogP contribution in [0, 0.1) is 11.8 Å². The van der Waals surface area contributed by atoms with Crippen LogP contribution in [0.5, 0.6) is 0 Å². The molecule has 0 aromatic heterocycles. The van der Waals surface area contributed by atoms with Gasteiger partial charge in [-0.3, -0.25) is 9.59 Å². The number of anilines is 2. The van der Waals surface area contributed by atoms with E-state index in [1.165, 1.54) is 5.56 Å². The molecule has 27 heavy (non-hydrogen) atoms. The zero-order chi connectivity index (χ0) is 20.0. The maximum atomic E-state index is 12.5. The average Bonchev–Trinajstić information content (AvgIpc) is 2.62. The number of benzene rings is 2. The molecule has 0 aliphatic carbocycles. The first-order valence-electron chi connectivity index (χ1n) is 9.57. The molecule has 0 saturated carbocycles. The summed E-state index contributed by atoms with van der Waals surface area (Å²) in [6, 6.07) is 15.5. The van der Waals surface area contributed by atoms with Gasteiger partial charge in [-0.2, -0.15) is 0 Å². The minimum absolute atomic E-state index is 0.0266. The van der Waals surface area contributed by atoms with Gasteiger partial charge in [0.25, 0.3) is 0 Å². The smallest absolute Gasteiger partial charge is 0.231 e. The third-order valence-corrected chi connectivity index (χ3v) is 4.46. The zero-order valence-corrected chi connectivity index (χ0v) is 16.9. The molecule has 0 saturated heterocycles. The van der Waals surface area contributed by atoms with Gasteiger partial charge in [0.2, 0.25) is 11.8 Å². The van der Waals surface area contributed by atoms with E-state index < -0.39 is 0 Å². The van der Waals surface area contributed by atoms with E-state index in [1.54, 1.807) is 24.3 Å². The first-order chi connectivity index (χ1) is 12.8. The highest BCUT2D eigenvalue weighted by atomic mass is 16.2. The van der Waals surface area contributed by atoms with E-state index in [0.29, 0.717) is 11.6 Å². The first-order valence-corrected chi connectivity index (χ1v) is 9.57. The van der Waals surface area contributed by atoms with Gasteiger partial charge in [0.1, 0.15) is 0 Å².